The maximum atomic E-state index is 12.5. The summed E-state index contributed by atoms with van der Waals surface area (Å²) >= 11 is 0. The van der Waals surface area contributed by atoms with Gasteiger partial charge in [0.25, 0.3) is 0 Å². The van der Waals surface area contributed by atoms with Crippen LogP contribution in [-0.2, 0) is 4.74 Å². The number of ether oxygens (including phenoxy) is 1. The number of rotatable bonds is 6. The van der Waals surface area contributed by atoms with Gasteiger partial charge in [0.1, 0.15) is 0 Å². The van der Waals surface area contributed by atoms with Gasteiger partial charge in [-0.25, -0.2) is 0 Å². The van der Waals surface area contributed by atoms with Crippen molar-refractivity contribution in [3.05, 3.63) is 91.0 Å². The van der Waals surface area contributed by atoms with E-state index < -0.39 is 12.9 Å². The van der Waals surface area contributed by atoms with Crippen molar-refractivity contribution in [3.8, 4) is 0 Å². The Balaban J connectivity index is 1.57. The van der Waals surface area contributed by atoms with E-state index in [0.29, 0.717) is 5.92 Å². The Hall–Kier alpha value is -2.64. The van der Waals surface area contributed by atoms with Crippen LogP contribution in [0.25, 0.3) is 0 Å². The molecule has 0 aromatic heterocycles. The summed E-state index contributed by atoms with van der Waals surface area (Å²) in [7, 11) is -2.18. The molecule has 0 atom stereocenters. The molecule has 0 unspecified atom stereocenters. The van der Waals surface area contributed by atoms with Crippen LogP contribution in [0, 0.1) is 5.92 Å². The second kappa shape index (κ2) is 10.7. The Kier molecular flexibility index (Phi) is 7.73. The molecule has 0 spiro atoms. The molecule has 1 amide bonds. The third kappa shape index (κ3) is 5.70. The van der Waals surface area contributed by atoms with Gasteiger partial charge >= 0.3 is 206 Å². The molecule has 1 aliphatic heterocycles. The number of piperidine rings is 1. The number of carbonyl (C=O) groups is 1. The molecule has 1 saturated heterocycles. The van der Waals surface area contributed by atoms with Gasteiger partial charge in [-0.1, -0.05) is 0 Å². The molecule has 4 heteroatoms. The molecule has 34 heavy (non-hydrogen) atoms. The van der Waals surface area contributed by atoms with Crippen molar-refractivity contribution in [2.45, 2.75) is 45.6 Å². The molecule has 0 aliphatic carbocycles. The zero-order valence-electron chi connectivity index (χ0n) is 20.7. The van der Waals surface area contributed by atoms with Gasteiger partial charge in [0.15, 0.2) is 0 Å². The first-order valence-corrected chi connectivity index (χ1v) is 14.7. The standard InChI is InChI=1S/C30H38NO2P/c1-30(2,3)33-29(32)31-22-19-25(20-23-31)21-24-34(26-13-7-4-8-14-26,27-15-9-5-10-16-27)28-17-11-6-12-18-28/h4-18,25,34H,19-24H2,1-3H3. The summed E-state index contributed by atoms with van der Waals surface area (Å²) in [5.41, 5.74) is -0.444. The number of hydrogen-bond donors (Lipinski definition) is 0. The van der Waals surface area contributed by atoms with E-state index in [1.807, 2.05) is 25.7 Å². The summed E-state index contributed by atoms with van der Waals surface area (Å²) in [6, 6.07) is 33.4. The second-order valence-corrected chi connectivity index (χ2v) is 14.5. The van der Waals surface area contributed by atoms with Gasteiger partial charge in [-0.15, -0.1) is 0 Å². The Bertz CT molecular complexity index is 943. The number of benzene rings is 3. The quantitative estimate of drug-likeness (QED) is 0.425. The molecule has 1 aliphatic rings. The van der Waals surface area contributed by atoms with Crippen LogP contribution in [0.1, 0.15) is 40.0 Å². The van der Waals surface area contributed by atoms with E-state index in [-0.39, 0.29) is 6.09 Å². The van der Waals surface area contributed by atoms with Crippen molar-refractivity contribution < 1.29 is 9.53 Å². The molecular formula is C30H38NO2P. The molecular weight excluding hydrogens is 437 g/mol. The molecule has 0 N–H and O–H groups in total. The topological polar surface area (TPSA) is 29.5 Å². The number of likely N-dealkylation sites (tertiary alicyclic amines) is 1. The van der Waals surface area contributed by atoms with E-state index >= 15 is 0 Å². The van der Waals surface area contributed by atoms with Crippen molar-refractivity contribution >= 4 is 29.3 Å². The molecule has 4 rings (SSSR count). The molecule has 0 radical (unpaired) electrons. The van der Waals surface area contributed by atoms with Crippen LogP contribution < -0.4 is 15.9 Å². The normalized spacial score (nSPS) is 15.7. The number of nitrogens with zero attached hydrogens (tertiary/aromatic N) is 1. The van der Waals surface area contributed by atoms with Crippen LogP contribution in [0.2, 0.25) is 0 Å². The maximum absolute atomic E-state index is 12.5. The predicted molar refractivity (Wildman–Crippen MR) is 147 cm³/mol. The van der Waals surface area contributed by atoms with Crippen LogP contribution in [0.15, 0.2) is 91.0 Å². The second-order valence-electron chi connectivity index (χ2n) is 10.5. The average molecular weight is 476 g/mol. The molecule has 1 fully saturated rings. The van der Waals surface area contributed by atoms with Crippen molar-refractivity contribution in [2.24, 2.45) is 5.92 Å². The van der Waals surface area contributed by atoms with Crippen molar-refractivity contribution in [2.75, 3.05) is 19.3 Å². The van der Waals surface area contributed by atoms with Crippen LogP contribution in [0.3, 0.4) is 0 Å². The van der Waals surface area contributed by atoms with Gasteiger partial charge in [0, 0.05) is 0 Å². The van der Waals surface area contributed by atoms with E-state index in [1.54, 1.807) is 0 Å². The molecule has 3 aromatic carbocycles. The Morgan fingerprint density at radius 1 is 0.794 bits per heavy atom. The van der Waals surface area contributed by atoms with Gasteiger partial charge in [0.05, 0.1) is 0 Å². The van der Waals surface area contributed by atoms with Crippen molar-refractivity contribution in [3.63, 3.8) is 0 Å². The monoisotopic (exact) mass is 475 g/mol. The first-order valence-electron chi connectivity index (χ1n) is 12.5. The minimum absolute atomic E-state index is 0.174. The van der Waals surface area contributed by atoms with Crippen LogP contribution in [0.5, 0.6) is 0 Å². The summed E-state index contributed by atoms with van der Waals surface area (Å²) < 4.78 is 5.59. The Labute approximate surface area is 205 Å². The molecule has 0 saturated carbocycles. The summed E-state index contributed by atoms with van der Waals surface area (Å²) in [5.74, 6) is 0.627. The third-order valence-electron chi connectivity index (χ3n) is 6.99. The summed E-state index contributed by atoms with van der Waals surface area (Å²) in [6.07, 6.45) is 4.26. The van der Waals surface area contributed by atoms with E-state index in [9.17, 15) is 4.79 Å². The zero-order chi connectivity index (χ0) is 24.0. The first-order chi connectivity index (χ1) is 16.4. The van der Waals surface area contributed by atoms with Gasteiger partial charge in [-0.2, -0.15) is 0 Å². The van der Waals surface area contributed by atoms with Crippen LogP contribution >= 0.6 is 7.26 Å². The molecule has 3 nitrogen and oxygen atoms in total. The van der Waals surface area contributed by atoms with Gasteiger partial charge in [0.2, 0.25) is 0 Å². The van der Waals surface area contributed by atoms with Gasteiger partial charge < -0.3 is 0 Å². The fraction of sp³-hybridized carbons (Fsp3) is 0.367. The van der Waals surface area contributed by atoms with E-state index in [1.165, 1.54) is 28.5 Å². The van der Waals surface area contributed by atoms with E-state index in [4.69, 9.17) is 4.74 Å². The van der Waals surface area contributed by atoms with Gasteiger partial charge in [-0.05, 0) is 0 Å². The fourth-order valence-electron chi connectivity index (χ4n) is 5.25. The first kappa shape index (κ1) is 24.5. The zero-order valence-corrected chi connectivity index (χ0v) is 21.7. The summed E-state index contributed by atoms with van der Waals surface area (Å²) in [6.45, 7) is 7.36. The van der Waals surface area contributed by atoms with E-state index in [2.05, 4.69) is 91.0 Å². The Morgan fingerprint density at radius 2 is 1.21 bits per heavy atom. The molecule has 1 heterocycles. The van der Waals surface area contributed by atoms with Crippen molar-refractivity contribution in [1.82, 2.24) is 4.90 Å². The molecule has 180 valence electrons. The average Bonchev–Trinajstić information content (AvgIpc) is 2.86. The molecule has 3 aromatic rings. The third-order valence-corrected chi connectivity index (χ3v) is 12.0. The minimum atomic E-state index is -2.18. The molecule has 0 bridgehead atoms. The summed E-state index contributed by atoms with van der Waals surface area (Å²) in [4.78, 5) is 14.4. The number of carbonyl (C=O) groups excluding carboxylic acids is 1. The fourth-order valence-corrected chi connectivity index (χ4v) is 10.2. The van der Waals surface area contributed by atoms with E-state index in [0.717, 1.165) is 25.9 Å². The van der Waals surface area contributed by atoms with Gasteiger partial charge in [-0.3, -0.25) is 0 Å². The van der Waals surface area contributed by atoms with Crippen LogP contribution in [-0.4, -0.2) is 35.8 Å². The van der Waals surface area contributed by atoms with Crippen molar-refractivity contribution in [1.29, 1.82) is 0 Å². The Morgan fingerprint density at radius 3 is 1.59 bits per heavy atom. The predicted octanol–water partition coefficient (Wildman–Crippen LogP) is 5.75. The number of hydrogen-bond acceptors (Lipinski definition) is 2. The van der Waals surface area contributed by atoms with Crippen LogP contribution in [0.4, 0.5) is 4.79 Å². The summed E-state index contributed by atoms with van der Waals surface area (Å²) in [5, 5.41) is 4.41. The number of amides is 1. The SMILES string of the molecule is CC(C)(C)OC(=O)N1CCC(CC[PH](c2ccccc2)(c2ccccc2)c2ccccc2)CC1.